The van der Waals surface area contributed by atoms with Gasteiger partial charge in [0.2, 0.25) is 0 Å². The SMILES string of the molecule is F[C@H]1CNCC[C@H]1Oc1cccc2ccc(-c3nnc4ccc(C5CC5)cn34)nc12. The summed E-state index contributed by atoms with van der Waals surface area (Å²) in [5.41, 5.74) is 3.56. The molecule has 4 aromatic rings. The van der Waals surface area contributed by atoms with Crippen LogP contribution in [0.1, 0.15) is 30.7 Å². The molecule has 2 aliphatic rings. The van der Waals surface area contributed by atoms with Crippen LogP contribution >= 0.6 is 0 Å². The van der Waals surface area contributed by atoms with Crippen LogP contribution < -0.4 is 10.1 Å². The fourth-order valence-electron chi connectivity index (χ4n) is 4.17. The topological polar surface area (TPSA) is 64.3 Å². The van der Waals surface area contributed by atoms with Gasteiger partial charge in [-0.3, -0.25) is 4.40 Å². The Morgan fingerprint density at radius 1 is 1.03 bits per heavy atom. The number of hydrogen-bond acceptors (Lipinski definition) is 5. The Hall–Kier alpha value is -3.06. The fourth-order valence-corrected chi connectivity index (χ4v) is 4.17. The second-order valence-electron chi connectivity index (χ2n) is 8.18. The normalized spacial score (nSPS) is 21.9. The summed E-state index contributed by atoms with van der Waals surface area (Å²) in [7, 11) is 0. The molecule has 6 nitrogen and oxygen atoms in total. The monoisotopic (exact) mass is 403 g/mol. The zero-order chi connectivity index (χ0) is 20.1. The molecule has 0 spiro atoms. The minimum Gasteiger partial charge on any atom is -0.485 e. The van der Waals surface area contributed by atoms with Crippen molar-refractivity contribution in [1.29, 1.82) is 0 Å². The quantitative estimate of drug-likeness (QED) is 0.560. The van der Waals surface area contributed by atoms with Crippen LogP contribution in [0.5, 0.6) is 5.75 Å². The molecule has 6 rings (SSSR count). The molecule has 1 aliphatic carbocycles. The van der Waals surface area contributed by atoms with Crippen LogP contribution in [0.15, 0.2) is 48.7 Å². The second-order valence-corrected chi connectivity index (χ2v) is 8.18. The highest BCUT2D eigenvalue weighted by molar-refractivity contribution is 5.86. The van der Waals surface area contributed by atoms with Gasteiger partial charge in [0.1, 0.15) is 29.2 Å². The van der Waals surface area contributed by atoms with E-state index in [4.69, 9.17) is 9.72 Å². The van der Waals surface area contributed by atoms with Crippen LogP contribution in [-0.2, 0) is 0 Å². The molecule has 152 valence electrons. The molecule has 3 aromatic heterocycles. The van der Waals surface area contributed by atoms with E-state index >= 15 is 0 Å². The predicted octanol–water partition coefficient (Wildman–Crippen LogP) is 3.90. The van der Waals surface area contributed by atoms with Gasteiger partial charge in [-0.2, -0.15) is 0 Å². The summed E-state index contributed by atoms with van der Waals surface area (Å²) in [4.78, 5) is 4.86. The average Bonchev–Trinajstić information content (AvgIpc) is 3.54. The molecule has 1 saturated carbocycles. The van der Waals surface area contributed by atoms with Gasteiger partial charge in [0.15, 0.2) is 11.5 Å². The van der Waals surface area contributed by atoms with E-state index < -0.39 is 12.3 Å². The molecular weight excluding hydrogens is 381 g/mol. The first kappa shape index (κ1) is 17.8. The van der Waals surface area contributed by atoms with Crippen LogP contribution in [0.2, 0.25) is 0 Å². The molecule has 1 aromatic carbocycles. The molecule has 7 heteroatoms. The van der Waals surface area contributed by atoms with Crippen molar-refractivity contribution in [2.24, 2.45) is 0 Å². The van der Waals surface area contributed by atoms with Gasteiger partial charge in [-0.15, -0.1) is 10.2 Å². The molecular formula is C23H22FN5O. The molecule has 0 radical (unpaired) electrons. The number of aromatic nitrogens is 4. The first-order valence-electron chi connectivity index (χ1n) is 10.5. The molecule has 2 fully saturated rings. The van der Waals surface area contributed by atoms with Crippen molar-refractivity contribution in [2.75, 3.05) is 13.1 Å². The molecule has 2 atom stereocenters. The zero-order valence-electron chi connectivity index (χ0n) is 16.5. The van der Waals surface area contributed by atoms with Gasteiger partial charge in [-0.25, -0.2) is 9.37 Å². The number of pyridine rings is 2. The van der Waals surface area contributed by atoms with Crippen LogP contribution in [0, 0.1) is 0 Å². The first-order chi connectivity index (χ1) is 14.8. The minimum absolute atomic E-state index is 0.323. The van der Waals surface area contributed by atoms with Crippen molar-refractivity contribution in [1.82, 2.24) is 24.9 Å². The van der Waals surface area contributed by atoms with E-state index in [-0.39, 0.29) is 0 Å². The van der Waals surface area contributed by atoms with Gasteiger partial charge in [-0.1, -0.05) is 24.3 Å². The number of hydrogen-bond donors (Lipinski definition) is 1. The molecule has 30 heavy (non-hydrogen) atoms. The van der Waals surface area contributed by atoms with Gasteiger partial charge in [0.05, 0.1) is 0 Å². The van der Waals surface area contributed by atoms with Gasteiger partial charge >= 0.3 is 0 Å². The minimum atomic E-state index is -1.03. The summed E-state index contributed by atoms with van der Waals surface area (Å²) < 4.78 is 22.4. The average molecular weight is 403 g/mol. The molecule has 4 heterocycles. The summed E-state index contributed by atoms with van der Waals surface area (Å²) in [6, 6.07) is 13.9. The molecule has 1 N–H and O–H groups in total. The maximum atomic E-state index is 14.3. The van der Waals surface area contributed by atoms with Crippen molar-refractivity contribution < 1.29 is 9.13 Å². The number of benzene rings is 1. The number of piperidine rings is 1. The fraction of sp³-hybridized carbons (Fsp3) is 0.348. The number of ether oxygens (including phenoxy) is 1. The Morgan fingerprint density at radius 3 is 2.83 bits per heavy atom. The Kier molecular flexibility index (Phi) is 4.16. The summed E-state index contributed by atoms with van der Waals surface area (Å²) in [6.07, 6.45) is 3.75. The Labute approximate surface area is 173 Å². The molecule has 1 aliphatic heterocycles. The molecule has 0 amide bonds. The lowest BCUT2D eigenvalue weighted by Gasteiger charge is -2.27. The van der Waals surface area contributed by atoms with Gasteiger partial charge in [0.25, 0.3) is 0 Å². The molecule has 0 bridgehead atoms. The molecule has 0 unspecified atom stereocenters. The first-order valence-corrected chi connectivity index (χ1v) is 10.5. The van der Waals surface area contributed by atoms with E-state index in [0.29, 0.717) is 30.5 Å². The molecule has 1 saturated heterocycles. The number of alkyl halides is 1. The summed E-state index contributed by atoms with van der Waals surface area (Å²) in [5, 5.41) is 12.7. The van der Waals surface area contributed by atoms with E-state index in [2.05, 4.69) is 27.8 Å². The summed E-state index contributed by atoms with van der Waals surface area (Å²) in [6.45, 7) is 1.08. The Balaban J connectivity index is 1.42. The van der Waals surface area contributed by atoms with E-state index in [0.717, 1.165) is 28.8 Å². The van der Waals surface area contributed by atoms with Crippen molar-refractivity contribution in [3.63, 3.8) is 0 Å². The number of para-hydroxylation sites is 1. The third kappa shape index (κ3) is 3.10. The summed E-state index contributed by atoms with van der Waals surface area (Å²) in [5.74, 6) is 1.96. The Bertz CT molecular complexity index is 1230. The third-order valence-electron chi connectivity index (χ3n) is 6.01. The van der Waals surface area contributed by atoms with Crippen molar-refractivity contribution in [3.05, 3.63) is 54.2 Å². The van der Waals surface area contributed by atoms with Crippen molar-refractivity contribution >= 4 is 16.6 Å². The lowest BCUT2D eigenvalue weighted by Crippen LogP contribution is -2.44. The number of nitrogens with zero attached hydrogens (tertiary/aromatic N) is 4. The number of halogens is 1. The maximum Gasteiger partial charge on any atom is 0.187 e. The van der Waals surface area contributed by atoms with Crippen molar-refractivity contribution in [3.8, 4) is 17.3 Å². The smallest absolute Gasteiger partial charge is 0.187 e. The highest BCUT2D eigenvalue weighted by atomic mass is 19.1. The second kappa shape index (κ2) is 7.02. The number of fused-ring (bicyclic) bond motifs is 2. The summed E-state index contributed by atoms with van der Waals surface area (Å²) >= 11 is 0. The standard InChI is InChI=1S/C23H22FN5O/c24-17-12-25-11-10-19(17)30-20-3-1-2-15-6-8-18(26-22(15)20)23-28-27-21-9-7-16(13-29(21)23)14-4-5-14/h1-3,6-9,13-14,17,19,25H,4-5,10-12H2/t17-,19+/m0/s1. The van der Waals surface area contributed by atoms with E-state index in [9.17, 15) is 4.39 Å². The lowest BCUT2D eigenvalue weighted by molar-refractivity contribution is 0.0742. The predicted molar refractivity (Wildman–Crippen MR) is 112 cm³/mol. The van der Waals surface area contributed by atoms with Crippen molar-refractivity contribution in [2.45, 2.75) is 37.5 Å². The van der Waals surface area contributed by atoms with E-state index in [1.54, 1.807) is 0 Å². The van der Waals surface area contributed by atoms with Gasteiger partial charge in [0, 0.05) is 18.1 Å². The number of rotatable bonds is 4. The largest absolute Gasteiger partial charge is 0.485 e. The number of nitrogens with one attached hydrogen (secondary N) is 1. The van der Waals surface area contributed by atoms with E-state index in [1.807, 2.05) is 40.8 Å². The maximum absolute atomic E-state index is 14.3. The highest BCUT2D eigenvalue weighted by Crippen LogP contribution is 2.40. The van der Waals surface area contributed by atoms with Gasteiger partial charge < -0.3 is 10.1 Å². The highest BCUT2D eigenvalue weighted by Gasteiger charge is 2.27. The zero-order valence-corrected chi connectivity index (χ0v) is 16.5. The van der Waals surface area contributed by atoms with Crippen LogP contribution in [-0.4, -0.2) is 44.9 Å². The van der Waals surface area contributed by atoms with Crippen LogP contribution in [0.25, 0.3) is 28.1 Å². The Morgan fingerprint density at radius 2 is 1.97 bits per heavy atom. The lowest BCUT2D eigenvalue weighted by atomic mass is 10.1. The van der Waals surface area contributed by atoms with Gasteiger partial charge in [-0.05, 0) is 55.5 Å². The third-order valence-corrected chi connectivity index (χ3v) is 6.01. The van der Waals surface area contributed by atoms with Crippen LogP contribution in [0.3, 0.4) is 0 Å². The van der Waals surface area contributed by atoms with Crippen LogP contribution in [0.4, 0.5) is 4.39 Å². The van der Waals surface area contributed by atoms with E-state index in [1.165, 1.54) is 18.4 Å².